The van der Waals surface area contributed by atoms with Gasteiger partial charge in [0.15, 0.2) is 5.58 Å². The molecule has 0 spiro atoms. The molecule has 0 N–H and O–H groups in total. The van der Waals surface area contributed by atoms with Crippen LogP contribution in [0.4, 0.5) is 0 Å². The maximum absolute atomic E-state index is 6.95. The Balaban J connectivity index is 1.31. The van der Waals surface area contributed by atoms with E-state index in [4.69, 9.17) is 14.4 Å². The van der Waals surface area contributed by atoms with Crippen molar-refractivity contribution in [3.63, 3.8) is 0 Å². The van der Waals surface area contributed by atoms with E-state index in [0.29, 0.717) is 0 Å². The summed E-state index contributed by atoms with van der Waals surface area (Å²) in [5, 5.41) is 9.05. The first-order valence-electron chi connectivity index (χ1n) is 17.9. The van der Waals surface area contributed by atoms with Gasteiger partial charge >= 0.3 is 0 Å². The standard InChI is InChI=1S/C48H28N4O/c1-2-14-31(15-3-1)51-38-21-9-6-18-34(38)43-46-41(42-35-19-7-11-23-40(35)53-48(42)47(43)51)33-17-5-10-22-39(33)52(46)37-20-8-4-16-32(37)36-27-26-30-25-24-29-13-12-28-49-44(29)45(30)50-36/h1-28H. The first-order valence-corrected chi connectivity index (χ1v) is 17.9. The Bertz CT molecular complexity index is 3460. The Morgan fingerprint density at radius 1 is 0.453 bits per heavy atom. The summed E-state index contributed by atoms with van der Waals surface area (Å²) in [4.78, 5) is 10.1. The minimum atomic E-state index is 0.875. The van der Waals surface area contributed by atoms with Crippen LogP contribution in [0.5, 0.6) is 0 Å². The number of hydrogen-bond donors (Lipinski definition) is 0. The van der Waals surface area contributed by atoms with Crippen LogP contribution in [-0.2, 0) is 0 Å². The minimum absolute atomic E-state index is 0.875. The van der Waals surface area contributed by atoms with Gasteiger partial charge in [0.2, 0.25) is 0 Å². The average molecular weight is 677 g/mol. The summed E-state index contributed by atoms with van der Waals surface area (Å²) in [7, 11) is 0. The van der Waals surface area contributed by atoms with Crippen LogP contribution >= 0.6 is 0 Å². The van der Waals surface area contributed by atoms with E-state index in [0.717, 1.165) is 93.8 Å². The molecule has 5 aromatic heterocycles. The van der Waals surface area contributed by atoms with Gasteiger partial charge in [-0.25, -0.2) is 4.98 Å². The molecule has 0 saturated carbocycles. The summed E-state index contributed by atoms with van der Waals surface area (Å²) in [5.41, 5.74) is 12.1. The van der Waals surface area contributed by atoms with Crippen molar-refractivity contribution < 1.29 is 4.42 Å². The lowest BCUT2D eigenvalue weighted by molar-refractivity contribution is 0.671. The van der Waals surface area contributed by atoms with Crippen molar-refractivity contribution in [1.29, 1.82) is 0 Å². The van der Waals surface area contributed by atoms with Crippen LogP contribution < -0.4 is 0 Å². The second-order valence-electron chi connectivity index (χ2n) is 13.7. The summed E-state index contributed by atoms with van der Waals surface area (Å²) in [6.07, 6.45) is 1.85. The highest BCUT2D eigenvalue weighted by atomic mass is 16.3. The molecule has 0 aliphatic carbocycles. The zero-order valence-electron chi connectivity index (χ0n) is 28.4. The predicted octanol–water partition coefficient (Wildman–Crippen LogP) is 12.5. The number of nitrogens with zero attached hydrogens (tertiary/aromatic N) is 4. The Hall–Kier alpha value is -7.24. The van der Waals surface area contributed by atoms with Gasteiger partial charge in [-0.15, -0.1) is 0 Å². The van der Waals surface area contributed by atoms with Crippen LogP contribution in [0.15, 0.2) is 174 Å². The molecule has 5 heteroatoms. The molecule has 0 aliphatic rings. The van der Waals surface area contributed by atoms with E-state index in [-0.39, 0.29) is 0 Å². The minimum Gasteiger partial charge on any atom is -0.454 e. The normalized spacial score (nSPS) is 12.2. The topological polar surface area (TPSA) is 48.8 Å². The molecule has 12 aromatic rings. The van der Waals surface area contributed by atoms with Crippen molar-refractivity contribution in [2.45, 2.75) is 0 Å². The number of rotatable bonds is 3. The molecule has 246 valence electrons. The van der Waals surface area contributed by atoms with Gasteiger partial charge in [-0.3, -0.25) is 4.98 Å². The molecular formula is C48H28N4O. The molecule has 53 heavy (non-hydrogen) atoms. The third-order valence-electron chi connectivity index (χ3n) is 10.9. The lowest BCUT2D eigenvalue weighted by Gasteiger charge is -2.15. The molecule has 0 fully saturated rings. The van der Waals surface area contributed by atoms with E-state index in [9.17, 15) is 0 Å². The van der Waals surface area contributed by atoms with E-state index in [1.165, 1.54) is 16.2 Å². The van der Waals surface area contributed by atoms with Crippen molar-refractivity contribution in [3.05, 3.63) is 170 Å². The molecule has 0 unspecified atom stereocenters. The summed E-state index contributed by atoms with van der Waals surface area (Å²) < 4.78 is 11.8. The number of aromatic nitrogens is 4. The van der Waals surface area contributed by atoms with Crippen LogP contribution in [0.1, 0.15) is 0 Å². The van der Waals surface area contributed by atoms with E-state index in [2.05, 4.69) is 167 Å². The van der Waals surface area contributed by atoms with Gasteiger partial charge < -0.3 is 13.6 Å². The number of hydrogen-bond acceptors (Lipinski definition) is 3. The van der Waals surface area contributed by atoms with Gasteiger partial charge in [0.25, 0.3) is 0 Å². The fourth-order valence-corrected chi connectivity index (χ4v) is 8.74. The number of para-hydroxylation sites is 5. The fourth-order valence-electron chi connectivity index (χ4n) is 8.74. The molecule has 7 aromatic carbocycles. The quantitative estimate of drug-likeness (QED) is 0.175. The van der Waals surface area contributed by atoms with Gasteiger partial charge in [0.05, 0.1) is 44.5 Å². The Labute approximate surface area is 302 Å². The molecule has 0 bridgehead atoms. The second kappa shape index (κ2) is 10.6. The molecule has 12 rings (SSSR count). The maximum Gasteiger partial charge on any atom is 0.160 e. The maximum atomic E-state index is 6.95. The second-order valence-corrected chi connectivity index (χ2v) is 13.7. The van der Waals surface area contributed by atoms with E-state index < -0.39 is 0 Å². The van der Waals surface area contributed by atoms with Crippen molar-refractivity contribution in [2.24, 2.45) is 0 Å². The fraction of sp³-hybridized carbons (Fsp3) is 0. The number of pyridine rings is 2. The smallest absolute Gasteiger partial charge is 0.160 e. The van der Waals surface area contributed by atoms with Crippen LogP contribution in [-0.4, -0.2) is 19.1 Å². The van der Waals surface area contributed by atoms with E-state index >= 15 is 0 Å². The van der Waals surface area contributed by atoms with Gasteiger partial charge in [-0.2, -0.15) is 0 Å². The highest BCUT2D eigenvalue weighted by molar-refractivity contribution is 6.39. The largest absolute Gasteiger partial charge is 0.454 e. The molecular weight excluding hydrogens is 649 g/mol. The van der Waals surface area contributed by atoms with Gasteiger partial charge in [-0.1, -0.05) is 115 Å². The highest BCUT2D eigenvalue weighted by Gasteiger charge is 2.28. The molecule has 5 heterocycles. The average Bonchev–Trinajstić information content (AvgIpc) is 3.89. The van der Waals surface area contributed by atoms with Crippen LogP contribution in [0.25, 0.3) is 110 Å². The van der Waals surface area contributed by atoms with Gasteiger partial charge in [0.1, 0.15) is 5.58 Å². The van der Waals surface area contributed by atoms with E-state index in [1.54, 1.807) is 0 Å². The SMILES string of the molecule is c1ccc(-n2c3ccccc3c3c2c2oc4ccccc4c2c2c4ccccc4n(-c4ccccc4-c4ccc5ccc6cccnc6c5n4)c23)cc1. The van der Waals surface area contributed by atoms with Crippen molar-refractivity contribution in [1.82, 2.24) is 19.1 Å². The van der Waals surface area contributed by atoms with Crippen molar-refractivity contribution in [2.75, 3.05) is 0 Å². The molecule has 0 atom stereocenters. The number of furan rings is 1. The zero-order chi connectivity index (χ0) is 34.6. The Morgan fingerprint density at radius 3 is 1.96 bits per heavy atom. The predicted molar refractivity (Wildman–Crippen MR) is 218 cm³/mol. The van der Waals surface area contributed by atoms with Crippen molar-refractivity contribution >= 4 is 87.4 Å². The number of fused-ring (bicyclic) bond motifs is 15. The number of benzene rings is 7. The van der Waals surface area contributed by atoms with Gasteiger partial charge in [-0.05, 0) is 48.5 Å². The summed E-state index contributed by atoms with van der Waals surface area (Å²) in [5.74, 6) is 0. The molecule has 5 nitrogen and oxygen atoms in total. The van der Waals surface area contributed by atoms with Crippen LogP contribution in [0.3, 0.4) is 0 Å². The van der Waals surface area contributed by atoms with E-state index in [1.807, 2.05) is 12.3 Å². The molecule has 0 amide bonds. The third kappa shape index (κ3) is 3.85. The highest BCUT2D eigenvalue weighted by Crippen LogP contribution is 2.50. The molecule has 0 radical (unpaired) electrons. The molecule has 0 saturated heterocycles. The Morgan fingerprint density at radius 2 is 1.11 bits per heavy atom. The van der Waals surface area contributed by atoms with Crippen LogP contribution in [0, 0.1) is 0 Å². The zero-order valence-corrected chi connectivity index (χ0v) is 28.4. The van der Waals surface area contributed by atoms with Crippen molar-refractivity contribution in [3.8, 4) is 22.6 Å². The monoisotopic (exact) mass is 676 g/mol. The first-order chi connectivity index (χ1) is 26.3. The lowest BCUT2D eigenvalue weighted by atomic mass is 10.0. The van der Waals surface area contributed by atoms with Gasteiger partial charge in [0, 0.05) is 60.5 Å². The molecule has 0 aliphatic heterocycles. The summed E-state index contributed by atoms with van der Waals surface area (Å²) in [6, 6.07) is 57.9. The Kier molecular flexibility index (Phi) is 5.71. The first kappa shape index (κ1) is 28.5. The lowest BCUT2D eigenvalue weighted by Crippen LogP contribution is -1.99. The third-order valence-corrected chi connectivity index (χ3v) is 10.9. The summed E-state index contributed by atoms with van der Waals surface area (Å²) in [6.45, 7) is 0. The summed E-state index contributed by atoms with van der Waals surface area (Å²) >= 11 is 0. The van der Waals surface area contributed by atoms with Crippen LogP contribution in [0.2, 0.25) is 0 Å².